The van der Waals surface area contributed by atoms with Gasteiger partial charge in [0, 0.05) is 6.08 Å². The van der Waals surface area contributed by atoms with Gasteiger partial charge in [0.1, 0.15) is 16.7 Å². The van der Waals surface area contributed by atoms with Crippen LogP contribution in [0.1, 0.15) is 5.56 Å². The second-order valence-electron chi connectivity index (χ2n) is 4.90. The number of carbonyl (C=O) groups excluding carboxylic acids is 1. The molecule has 1 aromatic heterocycles. The average Bonchev–Trinajstić information content (AvgIpc) is 3.00. The second kappa shape index (κ2) is 6.27. The van der Waals surface area contributed by atoms with Crippen LogP contribution in [0, 0.1) is 0 Å². The molecule has 0 N–H and O–H groups in total. The Morgan fingerprint density at radius 1 is 1.13 bits per heavy atom. The van der Waals surface area contributed by atoms with Crippen LogP contribution >= 0.6 is 0 Å². The maximum Gasteiger partial charge on any atom is 0.335 e. The van der Waals surface area contributed by atoms with E-state index in [4.69, 9.17) is 4.74 Å². The van der Waals surface area contributed by atoms with Gasteiger partial charge in [0.05, 0.1) is 0 Å². The highest BCUT2D eigenvalue weighted by Crippen LogP contribution is 2.25. The lowest BCUT2D eigenvalue weighted by molar-refractivity contribution is -0.128. The third kappa shape index (κ3) is 3.03. The van der Waals surface area contributed by atoms with Gasteiger partial charge in [-0.05, 0) is 36.2 Å². The molecule has 23 heavy (non-hydrogen) atoms. The summed E-state index contributed by atoms with van der Waals surface area (Å²) in [5.41, 5.74) is 3.15. The lowest BCUT2D eigenvalue weighted by Gasteiger charge is -2.09. The topological polar surface area (TPSA) is 57.0 Å². The van der Waals surface area contributed by atoms with Crippen LogP contribution in [0.4, 0.5) is 0 Å². The van der Waals surface area contributed by atoms with E-state index >= 15 is 0 Å². The Labute approximate surface area is 133 Å². The Hall–Kier alpha value is -3.21. The lowest BCUT2D eigenvalue weighted by atomic mass is 10.1. The molecular formula is C18H15N3O2. The van der Waals surface area contributed by atoms with Crippen LogP contribution < -0.4 is 4.74 Å². The van der Waals surface area contributed by atoms with E-state index in [1.54, 1.807) is 6.07 Å². The highest BCUT2D eigenvalue weighted by atomic mass is 16.5. The van der Waals surface area contributed by atoms with Crippen molar-refractivity contribution >= 4 is 17.0 Å². The van der Waals surface area contributed by atoms with Gasteiger partial charge in [-0.1, -0.05) is 30.9 Å². The first-order chi connectivity index (χ1) is 11.2. The zero-order valence-electron chi connectivity index (χ0n) is 12.5. The van der Waals surface area contributed by atoms with Gasteiger partial charge in [-0.2, -0.15) is 0 Å². The fourth-order valence-corrected chi connectivity index (χ4v) is 2.22. The Morgan fingerprint density at radius 3 is 2.43 bits per heavy atom. The van der Waals surface area contributed by atoms with Crippen molar-refractivity contribution in [2.75, 3.05) is 0 Å². The number of nitrogens with zero attached hydrogens (tertiary/aromatic N) is 3. The van der Waals surface area contributed by atoms with Crippen LogP contribution in [0.5, 0.6) is 5.75 Å². The Balaban J connectivity index is 2.12. The molecular weight excluding hydrogens is 290 g/mol. The molecule has 0 bridgehead atoms. The first-order valence-electron chi connectivity index (χ1n) is 7.12. The van der Waals surface area contributed by atoms with Gasteiger partial charge in [0.15, 0.2) is 5.75 Å². The van der Waals surface area contributed by atoms with Gasteiger partial charge >= 0.3 is 5.97 Å². The molecule has 5 heteroatoms. The van der Waals surface area contributed by atoms with E-state index in [1.165, 1.54) is 4.80 Å². The molecule has 0 unspecified atom stereocenters. The summed E-state index contributed by atoms with van der Waals surface area (Å²) >= 11 is 0. The summed E-state index contributed by atoms with van der Waals surface area (Å²) in [6.45, 7) is 7.16. The average molecular weight is 305 g/mol. The van der Waals surface area contributed by atoms with Crippen molar-refractivity contribution in [3.8, 4) is 11.4 Å². The number of carbonyl (C=O) groups is 1. The molecule has 3 rings (SSSR count). The summed E-state index contributed by atoms with van der Waals surface area (Å²) in [4.78, 5) is 13.0. The van der Waals surface area contributed by atoms with E-state index in [1.807, 2.05) is 42.5 Å². The molecule has 5 nitrogen and oxygen atoms in total. The Bertz CT molecular complexity index is 863. The third-order valence-electron chi connectivity index (χ3n) is 3.28. The van der Waals surface area contributed by atoms with E-state index in [2.05, 4.69) is 23.4 Å². The van der Waals surface area contributed by atoms with E-state index in [0.29, 0.717) is 17.9 Å². The molecule has 0 saturated carbocycles. The van der Waals surface area contributed by atoms with Gasteiger partial charge in [0.25, 0.3) is 0 Å². The third-order valence-corrected chi connectivity index (χ3v) is 3.28. The Kier molecular flexibility index (Phi) is 4.01. The molecule has 0 spiro atoms. The molecule has 0 aliphatic carbocycles. The highest BCUT2D eigenvalue weighted by Gasteiger charge is 2.13. The molecule has 0 aliphatic heterocycles. The molecule has 0 radical (unpaired) electrons. The number of ether oxygens (including phenoxy) is 1. The highest BCUT2D eigenvalue weighted by molar-refractivity contribution is 5.84. The van der Waals surface area contributed by atoms with E-state index < -0.39 is 5.97 Å². The fourth-order valence-electron chi connectivity index (χ4n) is 2.22. The smallest absolute Gasteiger partial charge is 0.335 e. The number of hydrogen-bond acceptors (Lipinski definition) is 4. The standard InChI is InChI=1S/C18H15N3O2/c1-3-7-13-10-11-17(23-18(22)4-2)16(12-13)21-19-14-8-5-6-9-15(14)20-21/h3-6,8-12H,1-2,7H2. The Morgan fingerprint density at radius 2 is 1.83 bits per heavy atom. The van der Waals surface area contributed by atoms with Crippen molar-refractivity contribution in [3.05, 3.63) is 73.3 Å². The summed E-state index contributed by atoms with van der Waals surface area (Å²) in [6.07, 6.45) is 3.62. The summed E-state index contributed by atoms with van der Waals surface area (Å²) in [7, 11) is 0. The first-order valence-corrected chi connectivity index (χ1v) is 7.12. The fraction of sp³-hybridized carbons (Fsp3) is 0.0556. The minimum Gasteiger partial charge on any atom is -0.421 e. The van der Waals surface area contributed by atoms with Crippen molar-refractivity contribution in [2.45, 2.75) is 6.42 Å². The number of fused-ring (bicyclic) bond motifs is 1. The summed E-state index contributed by atoms with van der Waals surface area (Å²) in [5, 5.41) is 8.88. The number of allylic oxidation sites excluding steroid dienone is 1. The minimum absolute atomic E-state index is 0.378. The van der Waals surface area contributed by atoms with Crippen molar-refractivity contribution in [1.29, 1.82) is 0 Å². The summed E-state index contributed by atoms with van der Waals surface area (Å²) in [5.74, 6) is -0.151. The number of hydrogen-bond donors (Lipinski definition) is 0. The molecule has 1 heterocycles. The summed E-state index contributed by atoms with van der Waals surface area (Å²) < 4.78 is 5.29. The van der Waals surface area contributed by atoms with Gasteiger partial charge in [-0.25, -0.2) is 4.79 Å². The number of rotatable bonds is 5. The first kappa shape index (κ1) is 14.7. The number of benzene rings is 2. The van der Waals surface area contributed by atoms with Crippen molar-refractivity contribution in [1.82, 2.24) is 15.0 Å². The zero-order valence-corrected chi connectivity index (χ0v) is 12.5. The van der Waals surface area contributed by atoms with Crippen LogP contribution in [0.25, 0.3) is 16.7 Å². The molecule has 0 amide bonds. The predicted molar refractivity (Wildman–Crippen MR) is 88.6 cm³/mol. The zero-order chi connectivity index (χ0) is 16.2. The van der Waals surface area contributed by atoms with Gasteiger partial charge in [-0.15, -0.1) is 21.6 Å². The maximum atomic E-state index is 11.5. The van der Waals surface area contributed by atoms with Gasteiger partial charge < -0.3 is 4.74 Å². The molecule has 0 aliphatic rings. The second-order valence-corrected chi connectivity index (χ2v) is 4.90. The molecule has 0 fully saturated rings. The normalized spacial score (nSPS) is 10.4. The van der Waals surface area contributed by atoms with Crippen LogP contribution in [-0.4, -0.2) is 21.0 Å². The van der Waals surface area contributed by atoms with Crippen molar-refractivity contribution in [2.24, 2.45) is 0 Å². The molecule has 0 saturated heterocycles. The number of aromatic nitrogens is 3. The summed E-state index contributed by atoms with van der Waals surface area (Å²) in [6, 6.07) is 13.0. The lowest BCUT2D eigenvalue weighted by Crippen LogP contribution is -2.08. The van der Waals surface area contributed by atoms with Gasteiger partial charge in [-0.3, -0.25) is 0 Å². The van der Waals surface area contributed by atoms with Gasteiger partial charge in [0.2, 0.25) is 0 Å². The molecule has 3 aromatic rings. The van der Waals surface area contributed by atoms with Crippen molar-refractivity contribution in [3.63, 3.8) is 0 Å². The SMILES string of the molecule is C=CCc1ccc(OC(=O)C=C)c(-n2nc3ccccc3n2)c1. The van der Waals surface area contributed by atoms with Crippen LogP contribution in [0.15, 0.2) is 67.8 Å². The van der Waals surface area contributed by atoms with Crippen LogP contribution in [0.3, 0.4) is 0 Å². The van der Waals surface area contributed by atoms with E-state index in [0.717, 1.165) is 22.7 Å². The van der Waals surface area contributed by atoms with E-state index in [-0.39, 0.29) is 0 Å². The van der Waals surface area contributed by atoms with E-state index in [9.17, 15) is 4.79 Å². The quantitative estimate of drug-likeness (QED) is 0.314. The maximum absolute atomic E-state index is 11.5. The van der Waals surface area contributed by atoms with Crippen LogP contribution in [-0.2, 0) is 11.2 Å². The van der Waals surface area contributed by atoms with Crippen molar-refractivity contribution < 1.29 is 9.53 Å². The molecule has 0 atom stereocenters. The number of esters is 1. The monoisotopic (exact) mass is 305 g/mol. The molecule has 2 aromatic carbocycles. The molecule has 114 valence electrons. The minimum atomic E-state index is -0.528. The predicted octanol–water partition coefficient (Wildman–Crippen LogP) is 3.24. The van der Waals surface area contributed by atoms with Crippen LogP contribution in [0.2, 0.25) is 0 Å². The largest absolute Gasteiger partial charge is 0.421 e.